The molecule has 9 nitrogen and oxygen atoms in total. The van der Waals surface area contributed by atoms with Gasteiger partial charge in [-0.05, 0) is 50.7 Å². The normalized spacial score (nSPS) is 18.7. The number of likely N-dealkylation sites (tertiary alicyclic amines) is 1. The van der Waals surface area contributed by atoms with E-state index in [1.165, 1.54) is 4.31 Å². The van der Waals surface area contributed by atoms with Gasteiger partial charge in [0.25, 0.3) is 5.91 Å². The number of benzene rings is 1. The van der Waals surface area contributed by atoms with Gasteiger partial charge in [-0.1, -0.05) is 17.7 Å². The molecule has 0 bridgehead atoms. The first-order valence-corrected chi connectivity index (χ1v) is 13.3. The van der Waals surface area contributed by atoms with E-state index in [1.807, 2.05) is 11.8 Å². The second kappa shape index (κ2) is 10.3. The van der Waals surface area contributed by atoms with Crippen molar-refractivity contribution in [2.45, 2.75) is 37.5 Å². The summed E-state index contributed by atoms with van der Waals surface area (Å²) in [5.41, 5.74) is 1.56. The van der Waals surface area contributed by atoms with Gasteiger partial charge in [0.15, 0.2) is 0 Å². The van der Waals surface area contributed by atoms with Gasteiger partial charge in [0.2, 0.25) is 15.9 Å². The lowest BCUT2D eigenvalue weighted by Crippen LogP contribution is -2.47. The van der Waals surface area contributed by atoms with Gasteiger partial charge in [-0.3, -0.25) is 14.3 Å². The van der Waals surface area contributed by atoms with Gasteiger partial charge in [0, 0.05) is 51.9 Å². The van der Waals surface area contributed by atoms with Crippen molar-refractivity contribution in [3.8, 4) is 0 Å². The molecule has 0 unspecified atom stereocenters. The fourth-order valence-corrected chi connectivity index (χ4v) is 6.17. The number of carbonyl (C=O) groups is 2. The minimum atomic E-state index is -3.52. The molecule has 0 saturated carbocycles. The van der Waals surface area contributed by atoms with Crippen LogP contribution < -0.4 is 5.32 Å². The molecule has 4 rings (SSSR count). The first-order valence-electron chi connectivity index (χ1n) is 11.9. The molecule has 1 aromatic carbocycles. The van der Waals surface area contributed by atoms with E-state index in [9.17, 15) is 18.0 Å². The van der Waals surface area contributed by atoms with Crippen LogP contribution in [0.4, 0.5) is 0 Å². The monoisotopic (exact) mass is 487 g/mol. The van der Waals surface area contributed by atoms with Crippen molar-refractivity contribution in [1.29, 1.82) is 0 Å². The minimum absolute atomic E-state index is 0.126. The second-order valence-electron chi connectivity index (χ2n) is 9.37. The van der Waals surface area contributed by atoms with E-state index in [0.717, 1.165) is 18.4 Å². The summed E-state index contributed by atoms with van der Waals surface area (Å²) in [4.78, 5) is 27.5. The number of carbonyl (C=O) groups excluding carboxylic acids is 2. The number of aromatic nitrogens is 2. The molecule has 2 aliphatic heterocycles. The summed E-state index contributed by atoms with van der Waals surface area (Å²) in [6.45, 7) is 4.59. The third kappa shape index (κ3) is 5.50. The van der Waals surface area contributed by atoms with Crippen LogP contribution in [0.25, 0.3) is 0 Å². The number of piperidine rings is 2. The van der Waals surface area contributed by atoms with Gasteiger partial charge < -0.3 is 10.2 Å². The minimum Gasteiger partial charge on any atom is -0.352 e. The van der Waals surface area contributed by atoms with Crippen molar-refractivity contribution in [3.05, 3.63) is 47.8 Å². The molecule has 2 aliphatic rings. The molecule has 2 aromatic rings. The highest BCUT2D eigenvalue weighted by molar-refractivity contribution is 7.89. The molecule has 34 heavy (non-hydrogen) atoms. The first-order chi connectivity index (χ1) is 16.2. The van der Waals surface area contributed by atoms with Gasteiger partial charge in [-0.2, -0.15) is 9.40 Å². The lowest BCUT2D eigenvalue weighted by molar-refractivity contribution is -0.138. The zero-order valence-electron chi connectivity index (χ0n) is 19.8. The highest BCUT2D eigenvalue weighted by Crippen LogP contribution is 2.27. The van der Waals surface area contributed by atoms with Crippen molar-refractivity contribution >= 4 is 21.8 Å². The van der Waals surface area contributed by atoms with Gasteiger partial charge in [-0.15, -0.1) is 0 Å². The topological polar surface area (TPSA) is 105 Å². The SMILES string of the molecule is Cc1ccc(S(=O)(=O)N2CCC(C(=O)N3CCC(CNC(=O)c4cnn(C)c4)CC3)CC2)cc1. The zero-order chi connectivity index (χ0) is 24.3. The summed E-state index contributed by atoms with van der Waals surface area (Å²) in [6.07, 6.45) is 6.03. The van der Waals surface area contributed by atoms with Gasteiger partial charge in [0.05, 0.1) is 16.7 Å². The first kappa shape index (κ1) is 24.4. The van der Waals surface area contributed by atoms with Crippen LogP contribution in [0.1, 0.15) is 41.6 Å². The molecule has 2 fully saturated rings. The second-order valence-corrected chi connectivity index (χ2v) is 11.3. The number of hydrogen-bond acceptors (Lipinski definition) is 5. The van der Waals surface area contributed by atoms with E-state index in [-0.39, 0.29) is 17.7 Å². The quantitative estimate of drug-likeness (QED) is 0.669. The van der Waals surface area contributed by atoms with Crippen LogP contribution in [0.3, 0.4) is 0 Å². The van der Waals surface area contributed by atoms with Crippen LogP contribution in [0.15, 0.2) is 41.6 Å². The Balaban J connectivity index is 1.22. The maximum atomic E-state index is 13.1. The molecule has 1 N–H and O–H groups in total. The fraction of sp³-hybridized carbons (Fsp3) is 0.542. The number of hydrogen-bond donors (Lipinski definition) is 1. The maximum absolute atomic E-state index is 13.1. The molecular formula is C24H33N5O4S. The van der Waals surface area contributed by atoms with Crippen molar-refractivity contribution in [1.82, 2.24) is 24.3 Å². The average molecular weight is 488 g/mol. The van der Waals surface area contributed by atoms with E-state index < -0.39 is 10.0 Å². The van der Waals surface area contributed by atoms with Crippen molar-refractivity contribution in [2.75, 3.05) is 32.7 Å². The van der Waals surface area contributed by atoms with Crippen molar-refractivity contribution in [3.63, 3.8) is 0 Å². The lowest BCUT2D eigenvalue weighted by atomic mass is 9.92. The summed E-state index contributed by atoms with van der Waals surface area (Å²) in [5, 5.41) is 6.98. The Morgan fingerprint density at radius 1 is 1.03 bits per heavy atom. The van der Waals surface area contributed by atoms with Crippen molar-refractivity contribution < 1.29 is 18.0 Å². The number of amides is 2. The summed E-state index contributed by atoms with van der Waals surface area (Å²) in [5.74, 6) is 0.210. The predicted molar refractivity (Wildman–Crippen MR) is 128 cm³/mol. The maximum Gasteiger partial charge on any atom is 0.254 e. The fourth-order valence-electron chi connectivity index (χ4n) is 4.70. The summed E-state index contributed by atoms with van der Waals surface area (Å²) >= 11 is 0. The predicted octanol–water partition coefficient (Wildman–Crippen LogP) is 1.80. The zero-order valence-corrected chi connectivity index (χ0v) is 20.6. The number of aryl methyl sites for hydroxylation is 2. The Labute approximate surface area is 201 Å². The standard InChI is InChI=1S/C24H33N5O4S/c1-18-3-5-22(6-4-18)34(32,33)29-13-9-20(10-14-29)24(31)28-11-7-19(8-12-28)15-25-23(30)21-16-26-27(2)17-21/h3-6,16-17,19-20H,7-15H2,1-2H3,(H,25,30). The molecule has 1 aromatic heterocycles. The Hall–Kier alpha value is -2.72. The molecule has 184 valence electrons. The van der Waals surface area contributed by atoms with E-state index in [1.54, 1.807) is 48.4 Å². The molecule has 2 amide bonds. The van der Waals surface area contributed by atoms with E-state index in [2.05, 4.69) is 10.4 Å². The third-order valence-corrected chi connectivity index (χ3v) is 8.82. The molecule has 3 heterocycles. The van der Waals surface area contributed by atoms with Crippen LogP contribution in [0.2, 0.25) is 0 Å². The highest BCUT2D eigenvalue weighted by atomic mass is 32.2. The molecule has 0 radical (unpaired) electrons. The largest absolute Gasteiger partial charge is 0.352 e. The number of nitrogens with one attached hydrogen (secondary N) is 1. The number of nitrogens with zero attached hydrogens (tertiary/aromatic N) is 4. The highest BCUT2D eigenvalue weighted by Gasteiger charge is 2.34. The third-order valence-electron chi connectivity index (χ3n) is 6.91. The van der Waals surface area contributed by atoms with Crippen LogP contribution in [0.5, 0.6) is 0 Å². The van der Waals surface area contributed by atoms with Crippen molar-refractivity contribution in [2.24, 2.45) is 18.9 Å². The molecule has 10 heteroatoms. The van der Waals surface area contributed by atoms with Gasteiger partial charge in [0.1, 0.15) is 0 Å². The summed E-state index contributed by atoms with van der Waals surface area (Å²) in [7, 11) is -1.75. The Bertz CT molecular complexity index is 1110. The average Bonchev–Trinajstić information content (AvgIpc) is 3.29. The van der Waals surface area contributed by atoms with E-state index in [0.29, 0.717) is 61.9 Å². The van der Waals surface area contributed by atoms with E-state index >= 15 is 0 Å². The molecule has 0 aliphatic carbocycles. The van der Waals surface area contributed by atoms with Gasteiger partial charge >= 0.3 is 0 Å². The molecule has 0 spiro atoms. The lowest BCUT2D eigenvalue weighted by Gasteiger charge is -2.37. The summed E-state index contributed by atoms with van der Waals surface area (Å²) in [6, 6.07) is 6.89. The number of rotatable bonds is 6. The Kier molecular flexibility index (Phi) is 7.37. The summed E-state index contributed by atoms with van der Waals surface area (Å²) < 4.78 is 28.9. The Morgan fingerprint density at radius 3 is 2.26 bits per heavy atom. The smallest absolute Gasteiger partial charge is 0.254 e. The molecule has 2 saturated heterocycles. The van der Waals surface area contributed by atoms with Crippen LogP contribution in [0, 0.1) is 18.8 Å². The van der Waals surface area contributed by atoms with Crippen LogP contribution in [-0.2, 0) is 21.9 Å². The van der Waals surface area contributed by atoms with Crippen LogP contribution >= 0.6 is 0 Å². The van der Waals surface area contributed by atoms with E-state index in [4.69, 9.17) is 0 Å². The van der Waals surface area contributed by atoms with Crippen LogP contribution in [-0.4, -0.2) is 71.9 Å². The molecular weight excluding hydrogens is 454 g/mol. The number of sulfonamides is 1. The molecule has 0 atom stereocenters. The van der Waals surface area contributed by atoms with Gasteiger partial charge in [-0.25, -0.2) is 8.42 Å². The Morgan fingerprint density at radius 2 is 1.68 bits per heavy atom.